The Morgan fingerprint density at radius 1 is 1.24 bits per heavy atom. The number of aryl methyl sites for hydroxylation is 2. The van der Waals surface area contributed by atoms with Gasteiger partial charge in [-0.1, -0.05) is 18.9 Å². The van der Waals surface area contributed by atoms with Crippen molar-refractivity contribution in [2.24, 2.45) is 7.05 Å². The van der Waals surface area contributed by atoms with E-state index in [-0.39, 0.29) is 10.9 Å². The lowest BCUT2D eigenvalue weighted by Crippen LogP contribution is -2.32. The van der Waals surface area contributed by atoms with E-state index in [1.54, 1.807) is 16.8 Å². The first-order valence-electron chi connectivity index (χ1n) is 8.54. The van der Waals surface area contributed by atoms with Gasteiger partial charge in [0.2, 0.25) is 10.0 Å². The van der Waals surface area contributed by atoms with Gasteiger partial charge in [-0.25, -0.2) is 13.1 Å². The molecule has 1 aromatic heterocycles. The van der Waals surface area contributed by atoms with E-state index in [1.165, 1.54) is 7.11 Å². The second kappa shape index (κ2) is 6.80. The monoisotopic (exact) mass is 363 g/mol. The zero-order valence-electron chi connectivity index (χ0n) is 15.2. The summed E-state index contributed by atoms with van der Waals surface area (Å²) in [5.41, 5.74) is 3.66. The van der Waals surface area contributed by atoms with E-state index < -0.39 is 10.0 Å². The summed E-state index contributed by atoms with van der Waals surface area (Å²) in [6.07, 6.45) is 3.92. The van der Waals surface area contributed by atoms with Crippen LogP contribution in [-0.4, -0.2) is 31.3 Å². The smallest absolute Gasteiger partial charge is 0.244 e. The van der Waals surface area contributed by atoms with Crippen molar-refractivity contribution in [1.29, 1.82) is 0 Å². The van der Waals surface area contributed by atoms with Crippen molar-refractivity contribution in [3.05, 3.63) is 29.6 Å². The second-order valence-electron chi connectivity index (χ2n) is 6.64. The van der Waals surface area contributed by atoms with Gasteiger partial charge in [-0.15, -0.1) is 0 Å². The highest BCUT2D eigenvalue weighted by Gasteiger charge is 2.26. The average molecular weight is 363 g/mol. The zero-order chi connectivity index (χ0) is 18.2. The molecule has 0 amide bonds. The third-order valence-corrected chi connectivity index (χ3v) is 6.47. The van der Waals surface area contributed by atoms with E-state index in [4.69, 9.17) is 4.74 Å². The minimum Gasteiger partial charge on any atom is -0.495 e. The summed E-state index contributed by atoms with van der Waals surface area (Å²) in [5, 5.41) is 4.42. The van der Waals surface area contributed by atoms with Gasteiger partial charge in [0.1, 0.15) is 10.6 Å². The van der Waals surface area contributed by atoms with E-state index >= 15 is 0 Å². The maximum absolute atomic E-state index is 12.9. The van der Waals surface area contributed by atoms with Crippen molar-refractivity contribution in [1.82, 2.24) is 14.5 Å². The SMILES string of the molecule is COc1ccc(-c2c(C)nn(C)c2C)cc1S(=O)(=O)NC1CCCC1. The lowest BCUT2D eigenvalue weighted by molar-refractivity contribution is 0.402. The van der Waals surface area contributed by atoms with Crippen LogP contribution in [0.1, 0.15) is 37.1 Å². The van der Waals surface area contributed by atoms with E-state index in [9.17, 15) is 8.42 Å². The molecule has 0 unspecified atom stereocenters. The van der Waals surface area contributed by atoms with Gasteiger partial charge >= 0.3 is 0 Å². The van der Waals surface area contributed by atoms with E-state index in [0.717, 1.165) is 48.2 Å². The Kier molecular flexibility index (Phi) is 4.88. The normalized spacial score (nSPS) is 15.7. The van der Waals surface area contributed by atoms with Crippen LogP contribution in [0.25, 0.3) is 11.1 Å². The van der Waals surface area contributed by atoms with Crippen molar-refractivity contribution >= 4 is 10.0 Å². The molecule has 0 radical (unpaired) electrons. The number of sulfonamides is 1. The maximum Gasteiger partial charge on any atom is 0.244 e. The van der Waals surface area contributed by atoms with Crippen LogP contribution in [0.15, 0.2) is 23.1 Å². The summed E-state index contributed by atoms with van der Waals surface area (Å²) >= 11 is 0. The van der Waals surface area contributed by atoms with Crippen molar-refractivity contribution in [3.8, 4) is 16.9 Å². The summed E-state index contributed by atoms with van der Waals surface area (Å²) < 4.78 is 35.8. The highest BCUT2D eigenvalue weighted by Crippen LogP contribution is 2.33. The van der Waals surface area contributed by atoms with E-state index in [0.29, 0.717) is 5.75 Å². The molecule has 136 valence electrons. The highest BCUT2D eigenvalue weighted by molar-refractivity contribution is 7.89. The maximum atomic E-state index is 12.9. The Labute approximate surface area is 149 Å². The molecule has 0 atom stereocenters. The van der Waals surface area contributed by atoms with Crippen molar-refractivity contribution < 1.29 is 13.2 Å². The fourth-order valence-electron chi connectivity index (χ4n) is 3.56. The quantitative estimate of drug-likeness (QED) is 0.886. The predicted molar refractivity (Wildman–Crippen MR) is 97.2 cm³/mol. The summed E-state index contributed by atoms with van der Waals surface area (Å²) in [7, 11) is -0.264. The molecule has 3 rings (SSSR count). The van der Waals surface area contributed by atoms with Crippen molar-refractivity contribution in [2.75, 3.05) is 7.11 Å². The van der Waals surface area contributed by atoms with Gasteiger partial charge in [-0.3, -0.25) is 4.68 Å². The van der Waals surface area contributed by atoms with Crippen LogP contribution in [0.2, 0.25) is 0 Å². The summed E-state index contributed by atoms with van der Waals surface area (Å²) in [4.78, 5) is 0.182. The van der Waals surface area contributed by atoms with E-state index in [2.05, 4.69) is 9.82 Å². The third kappa shape index (κ3) is 3.43. The standard InChI is InChI=1S/C18H25N3O3S/c1-12-18(13(2)21(3)19-12)14-9-10-16(24-4)17(11-14)25(22,23)20-15-7-5-6-8-15/h9-11,15,20H,5-8H2,1-4H3. The number of benzene rings is 1. The zero-order valence-corrected chi connectivity index (χ0v) is 16.0. The van der Waals surface area contributed by atoms with Gasteiger partial charge in [0.25, 0.3) is 0 Å². The molecule has 1 saturated carbocycles. The number of methoxy groups -OCH3 is 1. The van der Waals surface area contributed by atoms with Gasteiger partial charge < -0.3 is 4.74 Å². The largest absolute Gasteiger partial charge is 0.495 e. The fourth-order valence-corrected chi connectivity index (χ4v) is 5.06. The Morgan fingerprint density at radius 3 is 2.48 bits per heavy atom. The molecule has 1 N–H and O–H groups in total. The molecule has 0 saturated heterocycles. The summed E-state index contributed by atoms with van der Waals surface area (Å²) in [5.74, 6) is 0.355. The first-order valence-corrected chi connectivity index (χ1v) is 10.0. The summed E-state index contributed by atoms with van der Waals surface area (Å²) in [6, 6.07) is 5.29. The topological polar surface area (TPSA) is 73.2 Å². The average Bonchev–Trinajstić information content (AvgIpc) is 3.15. The van der Waals surface area contributed by atoms with Crippen LogP contribution in [-0.2, 0) is 17.1 Å². The van der Waals surface area contributed by atoms with E-state index in [1.807, 2.05) is 27.0 Å². The third-order valence-electron chi connectivity index (χ3n) is 4.93. The first kappa shape index (κ1) is 17.9. The van der Waals surface area contributed by atoms with Gasteiger partial charge in [-0.2, -0.15) is 5.10 Å². The van der Waals surface area contributed by atoms with Crippen LogP contribution in [0.4, 0.5) is 0 Å². The van der Waals surface area contributed by atoms with Crippen LogP contribution in [0.5, 0.6) is 5.75 Å². The molecule has 6 nitrogen and oxygen atoms in total. The Balaban J connectivity index is 2.06. The molecule has 1 fully saturated rings. The van der Waals surface area contributed by atoms with Crippen molar-refractivity contribution in [3.63, 3.8) is 0 Å². The molecule has 1 aliphatic carbocycles. The van der Waals surface area contributed by atoms with Crippen LogP contribution in [0, 0.1) is 13.8 Å². The second-order valence-corrected chi connectivity index (χ2v) is 8.32. The van der Waals surface area contributed by atoms with Gasteiger partial charge in [0.05, 0.1) is 12.8 Å². The number of ether oxygens (including phenoxy) is 1. The van der Waals surface area contributed by atoms with Crippen molar-refractivity contribution in [2.45, 2.75) is 50.5 Å². The molecule has 25 heavy (non-hydrogen) atoms. The number of hydrogen-bond acceptors (Lipinski definition) is 4. The Hall–Kier alpha value is -1.86. The number of rotatable bonds is 5. The van der Waals surface area contributed by atoms with Crippen LogP contribution >= 0.6 is 0 Å². The highest BCUT2D eigenvalue weighted by atomic mass is 32.2. The lowest BCUT2D eigenvalue weighted by Gasteiger charge is -2.16. The summed E-state index contributed by atoms with van der Waals surface area (Å²) in [6.45, 7) is 3.90. The van der Waals surface area contributed by atoms with Gasteiger partial charge in [-0.05, 0) is 44.4 Å². The van der Waals surface area contributed by atoms with Crippen LogP contribution < -0.4 is 9.46 Å². The molecule has 0 bridgehead atoms. The molecular formula is C18H25N3O3S. The van der Waals surface area contributed by atoms with Gasteiger partial charge in [0, 0.05) is 24.3 Å². The number of aromatic nitrogens is 2. The molecule has 1 aliphatic rings. The minimum absolute atomic E-state index is 0.0141. The van der Waals surface area contributed by atoms with Gasteiger partial charge in [0.15, 0.2) is 0 Å². The number of nitrogens with zero attached hydrogens (tertiary/aromatic N) is 2. The molecule has 0 aliphatic heterocycles. The molecule has 1 aromatic carbocycles. The minimum atomic E-state index is -3.64. The fraction of sp³-hybridized carbons (Fsp3) is 0.500. The molecular weight excluding hydrogens is 338 g/mol. The number of hydrogen-bond donors (Lipinski definition) is 1. The molecule has 1 heterocycles. The lowest BCUT2D eigenvalue weighted by atomic mass is 10.0. The molecule has 2 aromatic rings. The Morgan fingerprint density at radius 2 is 1.92 bits per heavy atom. The number of nitrogens with one attached hydrogen (secondary N) is 1. The van der Waals surface area contributed by atoms with Crippen LogP contribution in [0.3, 0.4) is 0 Å². The predicted octanol–water partition coefficient (Wildman–Crippen LogP) is 2.93. The molecule has 0 spiro atoms. The first-order chi connectivity index (χ1) is 11.8. The Bertz CT molecular complexity index is 881. The molecule has 7 heteroatoms.